The first kappa shape index (κ1) is 12.4. The van der Waals surface area contributed by atoms with Crippen LogP contribution in [0.2, 0.25) is 0 Å². The molecule has 0 aliphatic carbocycles. The van der Waals surface area contributed by atoms with E-state index in [-0.39, 0.29) is 5.75 Å². The maximum absolute atomic E-state index is 11.3. The summed E-state index contributed by atoms with van der Waals surface area (Å²) in [5.41, 5.74) is 1.65. The van der Waals surface area contributed by atoms with E-state index >= 15 is 0 Å². The Kier molecular flexibility index (Phi) is 3.17. The van der Waals surface area contributed by atoms with Crippen molar-refractivity contribution in [3.05, 3.63) is 82.8 Å². The molecule has 0 fully saturated rings. The third kappa shape index (κ3) is 2.14. The van der Waals surface area contributed by atoms with Gasteiger partial charge < -0.3 is 5.11 Å². The number of benzene rings is 3. The van der Waals surface area contributed by atoms with Crippen LogP contribution in [0.5, 0.6) is 5.75 Å². The van der Waals surface area contributed by atoms with Gasteiger partial charge >= 0.3 is 0 Å². The smallest absolute Gasteiger partial charge is 0.142 e. The van der Waals surface area contributed by atoms with Gasteiger partial charge in [0.25, 0.3) is 0 Å². The second-order valence-corrected chi connectivity index (χ2v) is 4.67. The lowest BCUT2D eigenvalue weighted by Gasteiger charge is -2.13. The Bertz CT molecular complexity index is 745. The van der Waals surface area contributed by atoms with Gasteiger partial charge in [0.15, 0.2) is 0 Å². The van der Waals surface area contributed by atoms with Gasteiger partial charge in [0.1, 0.15) is 11.8 Å². The van der Waals surface area contributed by atoms with Crippen molar-refractivity contribution < 1.29 is 5.11 Å². The average Bonchev–Trinajstić information content (AvgIpc) is 2.50. The molecular weight excluding hydrogens is 250 g/mol. The molecule has 3 aromatic carbocycles. The normalized spacial score (nSPS) is 12.2. The van der Waals surface area contributed by atoms with Gasteiger partial charge in [-0.1, -0.05) is 59.8 Å². The fourth-order valence-corrected chi connectivity index (χ4v) is 2.44. The highest BCUT2D eigenvalue weighted by atomic mass is 16.3. The van der Waals surface area contributed by atoms with E-state index in [0.717, 1.165) is 21.9 Å². The summed E-state index contributed by atoms with van der Waals surface area (Å²) in [5.74, 6) is 0.177. The molecule has 1 atom stereocenters. The van der Waals surface area contributed by atoms with Gasteiger partial charge in [-0.3, -0.25) is 0 Å². The molecule has 3 rings (SSSR count). The zero-order valence-electron chi connectivity index (χ0n) is 10.7. The first-order valence-electron chi connectivity index (χ1n) is 6.38. The third-order valence-corrected chi connectivity index (χ3v) is 3.43. The van der Waals surface area contributed by atoms with Crippen LogP contribution in [-0.4, -0.2) is 5.11 Å². The van der Waals surface area contributed by atoms with Crippen LogP contribution in [0.15, 0.2) is 71.9 Å². The predicted octanol–water partition coefficient (Wildman–Crippen LogP) is 4.40. The van der Waals surface area contributed by atoms with Gasteiger partial charge in [-0.05, 0) is 34.0 Å². The summed E-state index contributed by atoms with van der Waals surface area (Å²) < 4.78 is 0. The Hall–Kier alpha value is -2.68. The first-order valence-corrected chi connectivity index (χ1v) is 6.38. The molecule has 1 unspecified atom stereocenters. The van der Waals surface area contributed by atoms with Crippen LogP contribution in [-0.2, 0) is 0 Å². The maximum atomic E-state index is 11.3. The van der Waals surface area contributed by atoms with Crippen molar-refractivity contribution in [3.8, 4) is 5.75 Å². The lowest BCUT2D eigenvalue weighted by atomic mass is 9.94. The van der Waals surface area contributed by atoms with Crippen LogP contribution < -0.4 is 0 Å². The molecule has 0 heterocycles. The number of nitroso groups, excluding NO2 is 1. The molecule has 0 bridgehead atoms. The monoisotopic (exact) mass is 263 g/mol. The number of rotatable bonds is 3. The van der Waals surface area contributed by atoms with Crippen molar-refractivity contribution in [3.63, 3.8) is 0 Å². The van der Waals surface area contributed by atoms with Crippen molar-refractivity contribution in [1.29, 1.82) is 0 Å². The van der Waals surface area contributed by atoms with Crippen LogP contribution in [0.1, 0.15) is 17.2 Å². The molecule has 0 spiro atoms. The van der Waals surface area contributed by atoms with E-state index in [4.69, 9.17) is 0 Å². The summed E-state index contributed by atoms with van der Waals surface area (Å²) in [7, 11) is 0. The van der Waals surface area contributed by atoms with E-state index in [2.05, 4.69) is 5.18 Å². The van der Waals surface area contributed by atoms with E-state index in [0.29, 0.717) is 0 Å². The molecule has 0 amide bonds. The summed E-state index contributed by atoms with van der Waals surface area (Å²) >= 11 is 0. The summed E-state index contributed by atoms with van der Waals surface area (Å²) in [4.78, 5) is 11.3. The zero-order valence-corrected chi connectivity index (χ0v) is 10.7. The molecule has 98 valence electrons. The summed E-state index contributed by atoms with van der Waals surface area (Å²) in [6, 6.07) is 19.8. The summed E-state index contributed by atoms with van der Waals surface area (Å²) in [6.45, 7) is 0. The molecule has 3 aromatic rings. The Balaban J connectivity index is 2.16. The number of nitrogens with zero attached hydrogens (tertiary/aromatic N) is 1. The fourth-order valence-electron chi connectivity index (χ4n) is 2.44. The lowest BCUT2D eigenvalue weighted by Crippen LogP contribution is -1.98. The standard InChI is InChI=1S/C17H13NO2/c19-14-10-8-13(9-11-14)17(18-20)16-7-3-5-12-4-1-2-6-15(12)16/h1-11,17,19H. The highest BCUT2D eigenvalue weighted by Crippen LogP contribution is 2.32. The highest BCUT2D eigenvalue weighted by molar-refractivity contribution is 5.86. The molecule has 0 saturated carbocycles. The topological polar surface area (TPSA) is 49.7 Å². The fraction of sp³-hybridized carbons (Fsp3) is 0.0588. The first-order chi connectivity index (χ1) is 9.79. The minimum absolute atomic E-state index is 0.177. The molecule has 0 saturated heterocycles. The van der Waals surface area contributed by atoms with Gasteiger partial charge in [-0.15, -0.1) is 4.91 Å². The van der Waals surface area contributed by atoms with Crippen LogP contribution in [0.25, 0.3) is 10.8 Å². The predicted molar refractivity (Wildman–Crippen MR) is 79.7 cm³/mol. The lowest BCUT2D eigenvalue weighted by molar-refractivity contribution is 0.475. The summed E-state index contributed by atoms with van der Waals surface area (Å²) in [5, 5.41) is 14.7. The number of aromatic hydroxyl groups is 1. The molecule has 0 aliphatic rings. The molecule has 3 nitrogen and oxygen atoms in total. The van der Waals surface area contributed by atoms with Gasteiger partial charge in [-0.2, -0.15) is 0 Å². The number of phenolic OH excluding ortho intramolecular Hbond substituents is 1. The molecule has 0 aromatic heterocycles. The molecule has 20 heavy (non-hydrogen) atoms. The summed E-state index contributed by atoms with van der Waals surface area (Å²) in [6.07, 6.45) is 0. The van der Waals surface area contributed by atoms with E-state index in [1.165, 1.54) is 0 Å². The SMILES string of the molecule is O=NC(c1ccc(O)cc1)c1cccc2ccccc12. The van der Waals surface area contributed by atoms with E-state index in [9.17, 15) is 10.0 Å². The van der Waals surface area contributed by atoms with Gasteiger partial charge in [-0.25, -0.2) is 0 Å². The Morgan fingerprint density at radius 1 is 0.850 bits per heavy atom. The van der Waals surface area contributed by atoms with Gasteiger partial charge in [0.2, 0.25) is 0 Å². The second-order valence-electron chi connectivity index (χ2n) is 4.67. The Labute approximate surface area is 116 Å². The van der Waals surface area contributed by atoms with E-state index in [1.54, 1.807) is 24.3 Å². The molecular formula is C17H13NO2. The zero-order chi connectivity index (χ0) is 13.9. The van der Waals surface area contributed by atoms with Crippen molar-refractivity contribution >= 4 is 10.8 Å². The molecule has 0 radical (unpaired) electrons. The Morgan fingerprint density at radius 3 is 2.30 bits per heavy atom. The quantitative estimate of drug-likeness (QED) is 0.712. The minimum atomic E-state index is -0.568. The number of hydrogen-bond donors (Lipinski definition) is 1. The van der Waals surface area contributed by atoms with E-state index < -0.39 is 6.04 Å². The molecule has 0 aliphatic heterocycles. The van der Waals surface area contributed by atoms with Crippen LogP contribution >= 0.6 is 0 Å². The van der Waals surface area contributed by atoms with Gasteiger partial charge in [0, 0.05) is 0 Å². The molecule has 1 N–H and O–H groups in total. The molecule has 3 heteroatoms. The second kappa shape index (κ2) is 5.13. The van der Waals surface area contributed by atoms with E-state index in [1.807, 2.05) is 42.5 Å². The number of hydrogen-bond acceptors (Lipinski definition) is 3. The number of phenols is 1. The minimum Gasteiger partial charge on any atom is -0.508 e. The van der Waals surface area contributed by atoms with Crippen molar-refractivity contribution in [2.24, 2.45) is 5.18 Å². The number of fused-ring (bicyclic) bond motifs is 1. The maximum Gasteiger partial charge on any atom is 0.142 e. The Morgan fingerprint density at radius 2 is 1.55 bits per heavy atom. The van der Waals surface area contributed by atoms with Crippen molar-refractivity contribution in [1.82, 2.24) is 0 Å². The van der Waals surface area contributed by atoms with Crippen molar-refractivity contribution in [2.45, 2.75) is 6.04 Å². The van der Waals surface area contributed by atoms with Crippen LogP contribution in [0.3, 0.4) is 0 Å². The van der Waals surface area contributed by atoms with Crippen LogP contribution in [0, 0.1) is 4.91 Å². The van der Waals surface area contributed by atoms with Gasteiger partial charge in [0.05, 0.1) is 0 Å². The average molecular weight is 263 g/mol. The van der Waals surface area contributed by atoms with Crippen molar-refractivity contribution in [2.75, 3.05) is 0 Å². The highest BCUT2D eigenvalue weighted by Gasteiger charge is 2.17. The van der Waals surface area contributed by atoms with Crippen LogP contribution in [0.4, 0.5) is 0 Å². The third-order valence-electron chi connectivity index (χ3n) is 3.43. The largest absolute Gasteiger partial charge is 0.508 e.